The number of halogens is 2. The van der Waals surface area contributed by atoms with Crippen molar-refractivity contribution in [1.29, 1.82) is 0 Å². The summed E-state index contributed by atoms with van der Waals surface area (Å²) in [6.45, 7) is 5.67. The van der Waals surface area contributed by atoms with Crippen LogP contribution in [0.15, 0.2) is 53.7 Å². The highest BCUT2D eigenvalue weighted by Crippen LogP contribution is 2.16. The molecular formula is C24H35ClIN5O. The minimum absolute atomic E-state index is 0. The number of pyridine rings is 1. The Kier molecular flexibility index (Phi) is 12.9. The van der Waals surface area contributed by atoms with Gasteiger partial charge in [0.15, 0.2) is 5.96 Å². The first kappa shape index (κ1) is 26.8. The maximum atomic E-state index is 6.10. The maximum Gasteiger partial charge on any atom is 0.190 e. The van der Waals surface area contributed by atoms with E-state index < -0.39 is 0 Å². The number of likely N-dealkylation sites (tertiary alicyclic amines) is 1. The minimum Gasteiger partial charge on any atom is -0.378 e. The third kappa shape index (κ3) is 10.0. The monoisotopic (exact) mass is 571 g/mol. The van der Waals surface area contributed by atoms with Crippen molar-refractivity contribution in [1.82, 2.24) is 20.5 Å². The fourth-order valence-corrected chi connectivity index (χ4v) is 3.82. The smallest absolute Gasteiger partial charge is 0.190 e. The van der Waals surface area contributed by atoms with Crippen LogP contribution in [0, 0.1) is 0 Å². The van der Waals surface area contributed by atoms with Gasteiger partial charge in [0.1, 0.15) is 5.15 Å². The van der Waals surface area contributed by atoms with Crippen molar-refractivity contribution < 1.29 is 4.74 Å². The number of ether oxygens (including phenoxy) is 1. The molecule has 1 aromatic heterocycles. The molecule has 0 bridgehead atoms. The summed E-state index contributed by atoms with van der Waals surface area (Å²) in [6.07, 6.45) is 6.26. The zero-order valence-corrected chi connectivity index (χ0v) is 21.9. The molecule has 2 N–H and O–H groups in total. The molecule has 1 saturated heterocycles. The molecule has 0 spiro atoms. The Morgan fingerprint density at radius 2 is 1.84 bits per heavy atom. The van der Waals surface area contributed by atoms with Crippen molar-refractivity contribution in [2.75, 3.05) is 39.8 Å². The van der Waals surface area contributed by atoms with Gasteiger partial charge in [-0.3, -0.25) is 9.89 Å². The molecule has 3 rings (SSSR count). The fraction of sp³-hybridized carbons (Fsp3) is 0.500. The van der Waals surface area contributed by atoms with Crippen LogP contribution in [-0.4, -0.2) is 61.8 Å². The number of aliphatic imine (C=N–C) groups is 1. The van der Waals surface area contributed by atoms with Crippen molar-refractivity contribution >= 4 is 41.5 Å². The summed E-state index contributed by atoms with van der Waals surface area (Å²) in [5.41, 5.74) is 2.54. The highest BCUT2D eigenvalue weighted by atomic mass is 127. The standard InChI is InChI=1S/C24H34ClN5O.HI/c1-26-24(28-14-10-20-8-9-23(25)29-18-20)27-13-5-17-31-22-11-15-30(16-12-22)19-21-6-3-2-4-7-21;/h2-4,6-9,18,22H,5,10-17,19H2,1H3,(H2,26,27,28);1H. The van der Waals surface area contributed by atoms with Gasteiger partial charge in [0.05, 0.1) is 6.10 Å². The van der Waals surface area contributed by atoms with E-state index in [0.717, 1.165) is 76.5 Å². The number of hydrogen-bond donors (Lipinski definition) is 2. The Morgan fingerprint density at radius 3 is 2.53 bits per heavy atom. The van der Waals surface area contributed by atoms with E-state index in [9.17, 15) is 0 Å². The largest absolute Gasteiger partial charge is 0.378 e. The first-order chi connectivity index (χ1) is 15.2. The van der Waals surface area contributed by atoms with Gasteiger partial charge in [0.2, 0.25) is 0 Å². The number of rotatable bonds is 10. The van der Waals surface area contributed by atoms with Crippen LogP contribution < -0.4 is 10.6 Å². The third-order valence-electron chi connectivity index (χ3n) is 5.47. The molecule has 0 unspecified atom stereocenters. The first-order valence-electron chi connectivity index (χ1n) is 11.2. The summed E-state index contributed by atoms with van der Waals surface area (Å²) in [7, 11) is 1.79. The summed E-state index contributed by atoms with van der Waals surface area (Å²) in [5, 5.41) is 7.20. The lowest BCUT2D eigenvalue weighted by Gasteiger charge is -2.32. The number of benzene rings is 1. The summed E-state index contributed by atoms with van der Waals surface area (Å²) in [5.74, 6) is 0.816. The molecule has 8 heteroatoms. The van der Waals surface area contributed by atoms with Crippen molar-refractivity contribution in [2.24, 2.45) is 4.99 Å². The quantitative estimate of drug-likeness (QED) is 0.148. The molecule has 1 aliphatic rings. The topological polar surface area (TPSA) is 61.8 Å². The molecule has 6 nitrogen and oxygen atoms in total. The van der Waals surface area contributed by atoms with Crippen LogP contribution in [0.2, 0.25) is 5.15 Å². The summed E-state index contributed by atoms with van der Waals surface area (Å²) >= 11 is 5.82. The van der Waals surface area contributed by atoms with E-state index in [1.54, 1.807) is 7.05 Å². The summed E-state index contributed by atoms with van der Waals surface area (Å²) in [4.78, 5) is 10.9. The second-order valence-corrected chi connectivity index (χ2v) is 8.24. The average molecular weight is 572 g/mol. The van der Waals surface area contributed by atoms with Gasteiger partial charge in [-0.05, 0) is 42.9 Å². The predicted molar refractivity (Wildman–Crippen MR) is 143 cm³/mol. The number of nitrogens with one attached hydrogen (secondary N) is 2. The molecule has 0 aliphatic carbocycles. The molecule has 176 valence electrons. The average Bonchev–Trinajstić information content (AvgIpc) is 2.80. The first-order valence-corrected chi connectivity index (χ1v) is 11.5. The van der Waals surface area contributed by atoms with Gasteiger partial charge < -0.3 is 15.4 Å². The van der Waals surface area contributed by atoms with E-state index in [-0.39, 0.29) is 24.0 Å². The van der Waals surface area contributed by atoms with Crippen LogP contribution in [0.4, 0.5) is 0 Å². The van der Waals surface area contributed by atoms with Gasteiger partial charge in [-0.15, -0.1) is 24.0 Å². The van der Waals surface area contributed by atoms with Crippen LogP contribution in [-0.2, 0) is 17.7 Å². The number of nitrogens with zero attached hydrogens (tertiary/aromatic N) is 3. The lowest BCUT2D eigenvalue weighted by atomic mass is 10.1. The highest BCUT2D eigenvalue weighted by Gasteiger charge is 2.19. The number of hydrogen-bond acceptors (Lipinski definition) is 4. The molecule has 2 heterocycles. The van der Waals surface area contributed by atoms with Crippen LogP contribution in [0.1, 0.15) is 30.4 Å². The number of guanidine groups is 1. The molecule has 32 heavy (non-hydrogen) atoms. The second-order valence-electron chi connectivity index (χ2n) is 7.85. The maximum absolute atomic E-state index is 6.10. The van der Waals surface area contributed by atoms with E-state index in [2.05, 4.69) is 55.8 Å². The third-order valence-corrected chi connectivity index (χ3v) is 5.69. The lowest BCUT2D eigenvalue weighted by molar-refractivity contribution is 0.00534. The van der Waals surface area contributed by atoms with Crippen molar-refractivity contribution in [3.8, 4) is 0 Å². The SMILES string of the molecule is CN=C(NCCCOC1CCN(Cc2ccccc2)CC1)NCCc1ccc(Cl)nc1.I. The van der Waals surface area contributed by atoms with Gasteiger partial charge in [0, 0.05) is 52.6 Å². The van der Waals surface area contributed by atoms with Crippen molar-refractivity contribution in [2.45, 2.75) is 38.3 Å². The second kappa shape index (κ2) is 15.4. The summed E-state index contributed by atoms with van der Waals surface area (Å²) in [6, 6.07) is 14.5. The Balaban J connectivity index is 0.00000363. The Labute approximate surface area is 214 Å². The van der Waals surface area contributed by atoms with Gasteiger partial charge in [-0.25, -0.2) is 4.98 Å². The predicted octanol–water partition coefficient (Wildman–Crippen LogP) is 4.13. The molecule has 0 atom stereocenters. The van der Waals surface area contributed by atoms with Gasteiger partial charge >= 0.3 is 0 Å². The van der Waals surface area contributed by atoms with Gasteiger partial charge in [-0.2, -0.15) is 0 Å². The Morgan fingerprint density at radius 1 is 1.09 bits per heavy atom. The highest BCUT2D eigenvalue weighted by molar-refractivity contribution is 14.0. The molecule has 1 aliphatic heterocycles. The Hall–Kier alpha value is -1.42. The molecular weight excluding hydrogens is 537 g/mol. The zero-order valence-electron chi connectivity index (χ0n) is 18.8. The minimum atomic E-state index is 0. The number of piperidine rings is 1. The van der Waals surface area contributed by atoms with Crippen LogP contribution in [0.3, 0.4) is 0 Å². The van der Waals surface area contributed by atoms with E-state index in [1.807, 2.05) is 18.3 Å². The van der Waals surface area contributed by atoms with Crippen LogP contribution in [0.5, 0.6) is 0 Å². The van der Waals surface area contributed by atoms with Crippen LogP contribution >= 0.6 is 35.6 Å². The van der Waals surface area contributed by atoms with Crippen molar-refractivity contribution in [3.63, 3.8) is 0 Å². The van der Waals surface area contributed by atoms with Crippen LogP contribution in [0.25, 0.3) is 0 Å². The van der Waals surface area contributed by atoms with Gasteiger partial charge in [-0.1, -0.05) is 48.0 Å². The molecule has 2 aromatic rings. The molecule has 0 radical (unpaired) electrons. The van der Waals surface area contributed by atoms with E-state index in [4.69, 9.17) is 16.3 Å². The van der Waals surface area contributed by atoms with E-state index in [1.165, 1.54) is 5.56 Å². The van der Waals surface area contributed by atoms with Crippen molar-refractivity contribution in [3.05, 3.63) is 64.9 Å². The fourth-order valence-electron chi connectivity index (χ4n) is 3.70. The molecule has 0 amide bonds. The number of aromatic nitrogens is 1. The zero-order chi connectivity index (χ0) is 21.7. The van der Waals surface area contributed by atoms with E-state index in [0.29, 0.717) is 11.3 Å². The lowest BCUT2D eigenvalue weighted by Crippen LogP contribution is -2.39. The Bertz CT molecular complexity index is 783. The van der Waals surface area contributed by atoms with Gasteiger partial charge in [0.25, 0.3) is 0 Å². The van der Waals surface area contributed by atoms with E-state index >= 15 is 0 Å². The molecule has 0 saturated carbocycles. The normalized spacial score (nSPS) is 15.2. The molecule has 1 aromatic carbocycles. The molecule has 1 fully saturated rings. The summed E-state index contributed by atoms with van der Waals surface area (Å²) < 4.78 is 6.10.